The normalized spacial score (nSPS) is 10.7. The number of hydrogen-bond acceptors (Lipinski definition) is 4. The fourth-order valence-electron chi connectivity index (χ4n) is 2.76. The molecule has 0 heterocycles. The average Bonchev–Trinajstić information content (AvgIpc) is 2.74. The van der Waals surface area contributed by atoms with Crippen LogP contribution in [0.3, 0.4) is 0 Å². The summed E-state index contributed by atoms with van der Waals surface area (Å²) in [5, 5.41) is 10.1. The van der Waals surface area contributed by atoms with Crippen LogP contribution in [-0.2, 0) is 6.42 Å². The molecule has 0 spiro atoms. The first-order valence-electron chi connectivity index (χ1n) is 9.78. The van der Waals surface area contributed by atoms with Crippen LogP contribution in [0.15, 0.2) is 53.5 Å². The van der Waals surface area contributed by atoms with Crippen molar-refractivity contribution < 1.29 is 9.47 Å². The maximum Gasteiger partial charge on any atom is 0.191 e. The summed E-state index contributed by atoms with van der Waals surface area (Å²) >= 11 is 0. The fourth-order valence-corrected chi connectivity index (χ4v) is 2.76. The number of ether oxygens (including phenoxy) is 2. The third kappa shape index (κ3) is 9.25. The van der Waals surface area contributed by atoms with E-state index in [1.54, 1.807) is 14.2 Å². The van der Waals surface area contributed by atoms with E-state index in [4.69, 9.17) is 9.47 Å². The van der Waals surface area contributed by atoms with E-state index in [1.807, 2.05) is 30.3 Å². The van der Waals surface area contributed by atoms with Gasteiger partial charge >= 0.3 is 0 Å². The topological polar surface area (TPSA) is 66.9 Å². The lowest BCUT2D eigenvalue weighted by atomic mass is 10.1. The molecule has 7 heteroatoms. The fraction of sp³-hybridized carbons (Fsp3) is 0.409. The molecule has 0 atom stereocenters. The maximum absolute atomic E-state index is 5.36. The molecule has 6 nitrogen and oxygen atoms in total. The predicted molar refractivity (Wildman–Crippen MR) is 132 cm³/mol. The molecule has 0 radical (unpaired) electrons. The van der Waals surface area contributed by atoms with Crippen LogP contribution < -0.4 is 25.4 Å². The molecule has 0 aliphatic rings. The van der Waals surface area contributed by atoms with Crippen molar-refractivity contribution in [1.29, 1.82) is 0 Å². The molecule has 2 aromatic carbocycles. The standard InChI is InChI=1S/C22H32N4O2.HI/c1-4-23-22(25-15-8-14-24-19-9-6-5-7-10-19)26-16-13-18-11-12-20(27-2)21(17-18)28-3;/h5-7,9-12,17,24H,4,8,13-16H2,1-3H3,(H2,23,25,26);1H. The van der Waals surface area contributed by atoms with Crippen LogP contribution in [0, 0.1) is 0 Å². The number of para-hydroxylation sites is 1. The van der Waals surface area contributed by atoms with Crippen molar-refractivity contribution in [2.24, 2.45) is 4.99 Å². The summed E-state index contributed by atoms with van der Waals surface area (Å²) < 4.78 is 10.6. The largest absolute Gasteiger partial charge is 0.493 e. The first-order chi connectivity index (χ1) is 13.8. The third-order valence-electron chi connectivity index (χ3n) is 4.21. The van der Waals surface area contributed by atoms with Gasteiger partial charge in [0.1, 0.15) is 0 Å². The molecule has 2 aromatic rings. The highest BCUT2D eigenvalue weighted by molar-refractivity contribution is 14.0. The lowest BCUT2D eigenvalue weighted by molar-refractivity contribution is 0.354. The van der Waals surface area contributed by atoms with Gasteiger partial charge in [0.25, 0.3) is 0 Å². The van der Waals surface area contributed by atoms with Gasteiger partial charge in [0.05, 0.1) is 14.2 Å². The monoisotopic (exact) mass is 512 g/mol. The molecular weight excluding hydrogens is 479 g/mol. The second-order valence-corrected chi connectivity index (χ2v) is 6.27. The van der Waals surface area contributed by atoms with E-state index in [0.29, 0.717) is 0 Å². The van der Waals surface area contributed by atoms with Gasteiger partial charge in [0, 0.05) is 31.9 Å². The van der Waals surface area contributed by atoms with E-state index in [9.17, 15) is 0 Å². The summed E-state index contributed by atoms with van der Waals surface area (Å²) in [5.74, 6) is 2.35. The number of benzene rings is 2. The van der Waals surface area contributed by atoms with E-state index in [1.165, 1.54) is 5.56 Å². The minimum Gasteiger partial charge on any atom is -0.493 e. The van der Waals surface area contributed by atoms with Crippen molar-refractivity contribution in [2.45, 2.75) is 19.8 Å². The molecule has 0 bridgehead atoms. The van der Waals surface area contributed by atoms with E-state index in [2.05, 4.69) is 46.1 Å². The molecule has 29 heavy (non-hydrogen) atoms. The van der Waals surface area contributed by atoms with Gasteiger partial charge in [-0.1, -0.05) is 24.3 Å². The summed E-state index contributed by atoms with van der Waals surface area (Å²) in [5.41, 5.74) is 2.33. The van der Waals surface area contributed by atoms with Crippen LogP contribution in [0.1, 0.15) is 18.9 Å². The van der Waals surface area contributed by atoms with Crippen LogP contribution in [0.2, 0.25) is 0 Å². The minimum atomic E-state index is 0. The second-order valence-electron chi connectivity index (χ2n) is 6.27. The van der Waals surface area contributed by atoms with E-state index in [-0.39, 0.29) is 24.0 Å². The molecule has 0 unspecified atom stereocenters. The Hall–Kier alpha value is -2.16. The zero-order valence-corrected chi connectivity index (χ0v) is 19.9. The molecule has 0 aromatic heterocycles. The highest BCUT2D eigenvalue weighted by Crippen LogP contribution is 2.27. The SMILES string of the molecule is CCNC(=NCCCNc1ccccc1)NCCc1ccc(OC)c(OC)c1.I. The van der Waals surface area contributed by atoms with Crippen LogP contribution >= 0.6 is 24.0 Å². The highest BCUT2D eigenvalue weighted by Gasteiger charge is 2.05. The maximum atomic E-state index is 5.36. The lowest BCUT2D eigenvalue weighted by Gasteiger charge is -2.13. The summed E-state index contributed by atoms with van der Waals surface area (Å²) in [6.45, 7) is 5.38. The molecule has 0 saturated carbocycles. The van der Waals surface area contributed by atoms with Crippen molar-refractivity contribution in [3.8, 4) is 11.5 Å². The van der Waals surface area contributed by atoms with Gasteiger partial charge in [-0.15, -0.1) is 24.0 Å². The smallest absolute Gasteiger partial charge is 0.191 e. The Morgan fingerprint density at radius 3 is 2.38 bits per heavy atom. The van der Waals surface area contributed by atoms with E-state index >= 15 is 0 Å². The van der Waals surface area contributed by atoms with Crippen LogP contribution in [0.4, 0.5) is 5.69 Å². The molecule has 0 aliphatic carbocycles. The number of aliphatic imine (C=N–C) groups is 1. The zero-order chi connectivity index (χ0) is 20.0. The Kier molecular flexibility index (Phi) is 12.7. The molecular formula is C22H33IN4O2. The summed E-state index contributed by atoms with van der Waals surface area (Å²) in [6, 6.07) is 16.2. The summed E-state index contributed by atoms with van der Waals surface area (Å²) in [7, 11) is 3.30. The number of nitrogens with zero attached hydrogens (tertiary/aromatic N) is 1. The second kappa shape index (κ2) is 14.8. The van der Waals surface area contributed by atoms with Gasteiger partial charge in [0.15, 0.2) is 17.5 Å². The van der Waals surface area contributed by atoms with Crippen LogP contribution in [0.5, 0.6) is 11.5 Å². The van der Waals surface area contributed by atoms with Crippen molar-refractivity contribution in [2.75, 3.05) is 45.7 Å². The van der Waals surface area contributed by atoms with E-state index < -0.39 is 0 Å². The number of guanidine groups is 1. The average molecular weight is 512 g/mol. The van der Waals surface area contributed by atoms with Gasteiger partial charge < -0.3 is 25.4 Å². The van der Waals surface area contributed by atoms with Crippen molar-refractivity contribution in [1.82, 2.24) is 10.6 Å². The van der Waals surface area contributed by atoms with Gasteiger partial charge in [-0.25, -0.2) is 0 Å². The Labute approximate surface area is 191 Å². The van der Waals surface area contributed by atoms with Crippen molar-refractivity contribution in [3.05, 3.63) is 54.1 Å². The first-order valence-corrected chi connectivity index (χ1v) is 9.78. The van der Waals surface area contributed by atoms with Crippen molar-refractivity contribution in [3.63, 3.8) is 0 Å². The quantitative estimate of drug-likeness (QED) is 0.184. The summed E-state index contributed by atoms with van der Waals surface area (Å²) in [4.78, 5) is 4.65. The molecule has 160 valence electrons. The van der Waals surface area contributed by atoms with Crippen LogP contribution in [0.25, 0.3) is 0 Å². The molecule has 2 rings (SSSR count). The number of anilines is 1. The van der Waals surface area contributed by atoms with Crippen LogP contribution in [-0.4, -0.2) is 46.4 Å². The number of nitrogens with one attached hydrogen (secondary N) is 3. The number of methoxy groups -OCH3 is 2. The van der Waals surface area contributed by atoms with Crippen molar-refractivity contribution >= 4 is 35.6 Å². The zero-order valence-electron chi connectivity index (χ0n) is 17.5. The van der Waals surface area contributed by atoms with Gasteiger partial charge in [-0.3, -0.25) is 4.99 Å². The first kappa shape index (κ1) is 24.9. The summed E-state index contributed by atoms with van der Waals surface area (Å²) in [6.07, 6.45) is 1.85. The highest BCUT2D eigenvalue weighted by atomic mass is 127. The predicted octanol–water partition coefficient (Wildman–Crippen LogP) is 3.92. The Balaban J connectivity index is 0.00000420. The number of rotatable bonds is 11. The van der Waals surface area contributed by atoms with E-state index in [0.717, 1.165) is 62.2 Å². The third-order valence-corrected chi connectivity index (χ3v) is 4.21. The van der Waals surface area contributed by atoms with Gasteiger partial charge in [0.2, 0.25) is 0 Å². The molecule has 0 saturated heterocycles. The Morgan fingerprint density at radius 2 is 1.69 bits per heavy atom. The minimum absolute atomic E-state index is 0. The van der Waals surface area contributed by atoms with Gasteiger partial charge in [-0.05, 0) is 49.6 Å². The Bertz CT molecular complexity index is 726. The number of hydrogen-bond donors (Lipinski definition) is 3. The molecule has 3 N–H and O–H groups in total. The number of halogens is 1. The lowest BCUT2D eigenvalue weighted by Crippen LogP contribution is -2.38. The molecule has 0 amide bonds. The van der Waals surface area contributed by atoms with Gasteiger partial charge in [-0.2, -0.15) is 0 Å². The molecule has 0 fully saturated rings. The molecule has 0 aliphatic heterocycles. The Morgan fingerprint density at radius 1 is 0.931 bits per heavy atom.